The molecule has 0 unspecified atom stereocenters. The molecule has 2 N–H and O–H groups in total. The number of benzene rings is 1. The van der Waals surface area contributed by atoms with Crippen molar-refractivity contribution in [3.63, 3.8) is 0 Å². The van der Waals surface area contributed by atoms with E-state index in [0.717, 1.165) is 47.1 Å². The van der Waals surface area contributed by atoms with Crippen LogP contribution in [0.3, 0.4) is 0 Å². The van der Waals surface area contributed by atoms with Gasteiger partial charge >= 0.3 is 0 Å². The van der Waals surface area contributed by atoms with Crippen molar-refractivity contribution in [3.05, 3.63) is 46.1 Å². The van der Waals surface area contributed by atoms with Crippen LogP contribution < -0.4 is 15.5 Å². The van der Waals surface area contributed by atoms with Crippen LogP contribution in [0.15, 0.2) is 34.9 Å². The zero-order valence-electron chi connectivity index (χ0n) is 17.6. The number of nitrogens with one attached hydrogen (secondary N) is 2. The van der Waals surface area contributed by atoms with E-state index in [-0.39, 0.29) is 17.9 Å². The van der Waals surface area contributed by atoms with Crippen LogP contribution in [0.25, 0.3) is 0 Å². The molecule has 29 heavy (non-hydrogen) atoms. The largest absolute Gasteiger partial charge is 0.362 e. The molecule has 1 aromatic heterocycles. The Morgan fingerprint density at radius 1 is 1.17 bits per heavy atom. The van der Waals surface area contributed by atoms with Crippen molar-refractivity contribution in [3.8, 4) is 0 Å². The Labute approximate surface area is 181 Å². The molecule has 1 amide bonds. The first-order chi connectivity index (χ1) is 13.8. The van der Waals surface area contributed by atoms with Crippen molar-refractivity contribution in [1.29, 1.82) is 0 Å². The summed E-state index contributed by atoms with van der Waals surface area (Å²) < 4.78 is 1.04. The summed E-state index contributed by atoms with van der Waals surface area (Å²) in [5, 5.41) is 6.62. The molecule has 1 atom stereocenters. The maximum absolute atomic E-state index is 12.7. The van der Waals surface area contributed by atoms with E-state index in [1.807, 2.05) is 63.3 Å². The summed E-state index contributed by atoms with van der Waals surface area (Å²) in [5.74, 6) is 1.82. The lowest BCUT2D eigenvalue weighted by atomic mass is 9.85. The van der Waals surface area contributed by atoms with E-state index < -0.39 is 0 Å². The molecule has 0 spiro atoms. The van der Waals surface area contributed by atoms with Gasteiger partial charge in [0.05, 0.1) is 6.04 Å². The van der Waals surface area contributed by atoms with E-state index in [0.29, 0.717) is 12.0 Å². The molecule has 1 aliphatic rings. The predicted molar refractivity (Wildman–Crippen MR) is 121 cm³/mol. The van der Waals surface area contributed by atoms with Gasteiger partial charge in [0, 0.05) is 42.3 Å². The monoisotopic (exact) mass is 459 g/mol. The zero-order valence-corrected chi connectivity index (χ0v) is 19.2. The number of hydrogen-bond acceptors (Lipinski definition) is 5. The van der Waals surface area contributed by atoms with Crippen LogP contribution in [0, 0.1) is 12.8 Å². The molecule has 156 valence electrons. The van der Waals surface area contributed by atoms with E-state index in [1.54, 1.807) is 0 Å². The Kier molecular flexibility index (Phi) is 7.11. The van der Waals surface area contributed by atoms with Crippen molar-refractivity contribution in [2.24, 2.45) is 5.92 Å². The number of aromatic nitrogens is 2. The highest BCUT2D eigenvalue weighted by molar-refractivity contribution is 9.10. The minimum atomic E-state index is 0.0110. The normalized spacial score (nSPS) is 20.0. The molecule has 1 aliphatic carbocycles. The number of anilines is 2. The standard InChI is InChI=1S/C22H30BrN5O/c1-14-13-24-22(27-20(14)28(3)4)26-19-11-7-17(8-12-19)21(29)25-15(2)16-5-9-18(23)10-6-16/h5-6,9-10,13,15,17,19H,7-8,11-12H2,1-4H3,(H,25,29)(H,24,26,27)/t15-,17-,19+/m0/s1. The first-order valence-electron chi connectivity index (χ1n) is 10.2. The van der Waals surface area contributed by atoms with Gasteiger partial charge in [-0.3, -0.25) is 4.79 Å². The van der Waals surface area contributed by atoms with Crippen LogP contribution in [0.1, 0.15) is 49.8 Å². The molecule has 1 saturated carbocycles. The third-order valence-corrected chi connectivity index (χ3v) is 6.06. The summed E-state index contributed by atoms with van der Waals surface area (Å²) >= 11 is 3.45. The minimum absolute atomic E-state index is 0.0110. The maximum Gasteiger partial charge on any atom is 0.224 e. The van der Waals surface area contributed by atoms with Crippen LogP contribution in [-0.2, 0) is 4.79 Å². The molecule has 2 aromatic rings. The van der Waals surface area contributed by atoms with E-state index in [1.165, 1.54) is 0 Å². The molecule has 1 aromatic carbocycles. The molecule has 0 saturated heterocycles. The van der Waals surface area contributed by atoms with Crippen LogP contribution in [0.5, 0.6) is 0 Å². The van der Waals surface area contributed by atoms with Gasteiger partial charge in [-0.25, -0.2) is 4.98 Å². The first-order valence-corrected chi connectivity index (χ1v) is 11.0. The molecule has 7 heteroatoms. The lowest BCUT2D eigenvalue weighted by molar-refractivity contribution is -0.126. The van der Waals surface area contributed by atoms with E-state index in [4.69, 9.17) is 0 Å². The number of aryl methyl sites for hydroxylation is 1. The average molecular weight is 460 g/mol. The van der Waals surface area contributed by atoms with Gasteiger partial charge in [-0.2, -0.15) is 4.98 Å². The summed E-state index contributed by atoms with van der Waals surface area (Å²) in [6.07, 6.45) is 5.50. The molecular formula is C22H30BrN5O. The third kappa shape index (κ3) is 5.69. The molecule has 1 heterocycles. The smallest absolute Gasteiger partial charge is 0.224 e. The topological polar surface area (TPSA) is 70.1 Å². The van der Waals surface area contributed by atoms with Crippen molar-refractivity contribution < 1.29 is 4.79 Å². The van der Waals surface area contributed by atoms with E-state index in [2.05, 4.69) is 36.5 Å². The van der Waals surface area contributed by atoms with Gasteiger partial charge in [0.15, 0.2) is 0 Å². The highest BCUT2D eigenvalue weighted by Crippen LogP contribution is 2.27. The van der Waals surface area contributed by atoms with E-state index >= 15 is 0 Å². The first kappa shape index (κ1) is 21.6. The van der Waals surface area contributed by atoms with Gasteiger partial charge in [0.25, 0.3) is 0 Å². The third-order valence-electron chi connectivity index (χ3n) is 5.53. The predicted octanol–water partition coefficient (Wildman–Crippen LogP) is 4.46. The van der Waals surface area contributed by atoms with Crippen molar-refractivity contribution in [2.45, 2.75) is 51.6 Å². The number of rotatable bonds is 6. The van der Waals surface area contributed by atoms with Gasteiger partial charge < -0.3 is 15.5 Å². The Morgan fingerprint density at radius 2 is 1.83 bits per heavy atom. The summed E-state index contributed by atoms with van der Waals surface area (Å²) in [6, 6.07) is 8.41. The fraction of sp³-hybridized carbons (Fsp3) is 0.500. The number of amides is 1. The second-order valence-electron chi connectivity index (χ2n) is 8.07. The lowest BCUT2D eigenvalue weighted by Crippen LogP contribution is -2.37. The number of carbonyl (C=O) groups excluding carboxylic acids is 1. The average Bonchev–Trinajstić information content (AvgIpc) is 2.70. The number of hydrogen-bond donors (Lipinski definition) is 2. The van der Waals surface area contributed by atoms with Crippen LogP contribution in [0.2, 0.25) is 0 Å². The second-order valence-corrected chi connectivity index (χ2v) is 8.99. The van der Waals surface area contributed by atoms with Gasteiger partial charge in [-0.05, 0) is 57.2 Å². The quantitative estimate of drug-likeness (QED) is 0.666. The van der Waals surface area contributed by atoms with Crippen LogP contribution in [-0.4, -0.2) is 36.0 Å². The van der Waals surface area contributed by atoms with Crippen molar-refractivity contribution in [1.82, 2.24) is 15.3 Å². The minimum Gasteiger partial charge on any atom is -0.362 e. The molecule has 3 rings (SSSR count). The number of carbonyl (C=O) groups is 1. The molecule has 6 nitrogen and oxygen atoms in total. The Bertz CT molecular complexity index is 832. The fourth-order valence-electron chi connectivity index (χ4n) is 3.80. The molecular weight excluding hydrogens is 430 g/mol. The summed E-state index contributed by atoms with van der Waals surface area (Å²) in [6.45, 7) is 4.05. The Balaban J connectivity index is 1.50. The zero-order chi connectivity index (χ0) is 21.0. The molecule has 0 radical (unpaired) electrons. The lowest BCUT2D eigenvalue weighted by Gasteiger charge is -2.29. The number of nitrogens with zero attached hydrogens (tertiary/aromatic N) is 3. The Morgan fingerprint density at radius 3 is 2.45 bits per heavy atom. The maximum atomic E-state index is 12.7. The van der Waals surface area contributed by atoms with Gasteiger partial charge in [-0.15, -0.1) is 0 Å². The SMILES string of the molecule is Cc1cnc(N[C@H]2CC[C@@H](C(=O)N[C@@H](C)c3ccc(Br)cc3)CC2)nc1N(C)C. The summed E-state index contributed by atoms with van der Waals surface area (Å²) in [7, 11) is 3.97. The molecule has 0 bridgehead atoms. The van der Waals surface area contributed by atoms with Gasteiger partial charge in [-0.1, -0.05) is 28.1 Å². The van der Waals surface area contributed by atoms with Crippen molar-refractivity contribution >= 4 is 33.6 Å². The highest BCUT2D eigenvalue weighted by atomic mass is 79.9. The second kappa shape index (κ2) is 9.57. The highest BCUT2D eigenvalue weighted by Gasteiger charge is 2.27. The van der Waals surface area contributed by atoms with Crippen LogP contribution in [0.4, 0.5) is 11.8 Å². The molecule has 1 fully saturated rings. The summed E-state index contributed by atoms with van der Waals surface area (Å²) in [5.41, 5.74) is 2.17. The van der Waals surface area contributed by atoms with Crippen LogP contribution >= 0.6 is 15.9 Å². The van der Waals surface area contributed by atoms with E-state index in [9.17, 15) is 4.79 Å². The summed E-state index contributed by atoms with van der Waals surface area (Å²) in [4.78, 5) is 23.7. The Hall–Kier alpha value is -2.15. The van der Waals surface area contributed by atoms with Crippen molar-refractivity contribution in [2.75, 3.05) is 24.3 Å². The van der Waals surface area contributed by atoms with Gasteiger partial charge in [0.1, 0.15) is 5.82 Å². The number of halogens is 1. The molecule has 0 aliphatic heterocycles. The fourth-order valence-corrected chi connectivity index (χ4v) is 4.07. The van der Waals surface area contributed by atoms with Gasteiger partial charge in [0.2, 0.25) is 11.9 Å².